The lowest BCUT2D eigenvalue weighted by Gasteiger charge is -2.29. The van der Waals surface area contributed by atoms with E-state index in [2.05, 4.69) is 25.7 Å². The number of nitrogens with zero attached hydrogens (tertiary/aromatic N) is 1. The number of hydrogen-bond donors (Lipinski definition) is 0. The molecule has 0 amide bonds. The average molecular weight is 201 g/mol. The van der Waals surface area contributed by atoms with Crippen LogP contribution < -0.4 is 0 Å². The van der Waals surface area contributed by atoms with Crippen LogP contribution in [0.1, 0.15) is 41.0 Å². The molecule has 0 bridgehead atoms. The SMILES string of the molecule is CC.CC(C)(C)CCN1CCOCC1. The molecule has 0 aromatic carbocycles. The molecule has 2 heteroatoms. The number of ether oxygens (including phenoxy) is 1. The fourth-order valence-electron chi connectivity index (χ4n) is 1.32. The molecule has 1 saturated heterocycles. The van der Waals surface area contributed by atoms with Gasteiger partial charge in [-0.1, -0.05) is 34.6 Å². The van der Waals surface area contributed by atoms with Crippen LogP contribution in [0.5, 0.6) is 0 Å². The van der Waals surface area contributed by atoms with Crippen LogP contribution in [-0.2, 0) is 4.74 Å². The number of morpholine rings is 1. The molecular formula is C12H27NO. The summed E-state index contributed by atoms with van der Waals surface area (Å²) < 4.78 is 5.29. The molecule has 1 heterocycles. The third-order valence-electron chi connectivity index (χ3n) is 2.28. The molecular weight excluding hydrogens is 174 g/mol. The first-order valence-corrected chi connectivity index (χ1v) is 5.88. The second kappa shape index (κ2) is 7.24. The molecule has 1 aliphatic heterocycles. The highest BCUT2D eigenvalue weighted by atomic mass is 16.5. The highest BCUT2D eigenvalue weighted by Crippen LogP contribution is 2.18. The maximum Gasteiger partial charge on any atom is 0.0594 e. The van der Waals surface area contributed by atoms with Crippen molar-refractivity contribution in [3.8, 4) is 0 Å². The minimum Gasteiger partial charge on any atom is -0.379 e. The molecule has 86 valence electrons. The Bertz CT molecular complexity index is 123. The van der Waals surface area contributed by atoms with Gasteiger partial charge in [-0.2, -0.15) is 0 Å². The fraction of sp³-hybridized carbons (Fsp3) is 1.00. The van der Waals surface area contributed by atoms with E-state index in [1.807, 2.05) is 13.8 Å². The summed E-state index contributed by atoms with van der Waals surface area (Å²) in [5, 5.41) is 0. The standard InChI is InChI=1S/C10H21NO.C2H6/c1-10(2,3)4-5-11-6-8-12-9-7-11;1-2/h4-9H2,1-3H3;1-2H3. The molecule has 0 atom stereocenters. The molecule has 1 aliphatic rings. The monoisotopic (exact) mass is 201 g/mol. The van der Waals surface area contributed by atoms with Crippen molar-refractivity contribution in [2.45, 2.75) is 41.0 Å². The minimum atomic E-state index is 0.471. The summed E-state index contributed by atoms with van der Waals surface area (Å²) in [5.41, 5.74) is 0.471. The van der Waals surface area contributed by atoms with Gasteiger partial charge in [-0.15, -0.1) is 0 Å². The summed E-state index contributed by atoms with van der Waals surface area (Å²) in [6.45, 7) is 16.2. The van der Waals surface area contributed by atoms with Crippen molar-refractivity contribution in [1.29, 1.82) is 0 Å². The second-order valence-electron chi connectivity index (χ2n) is 4.76. The molecule has 0 unspecified atom stereocenters. The van der Waals surface area contributed by atoms with E-state index in [1.165, 1.54) is 13.0 Å². The first-order chi connectivity index (χ1) is 6.58. The highest BCUT2D eigenvalue weighted by Gasteiger charge is 2.14. The van der Waals surface area contributed by atoms with Gasteiger partial charge in [0.15, 0.2) is 0 Å². The van der Waals surface area contributed by atoms with Crippen molar-refractivity contribution in [3.05, 3.63) is 0 Å². The van der Waals surface area contributed by atoms with Crippen LogP contribution in [0.15, 0.2) is 0 Å². The van der Waals surface area contributed by atoms with Crippen molar-refractivity contribution in [2.24, 2.45) is 5.41 Å². The van der Waals surface area contributed by atoms with E-state index in [9.17, 15) is 0 Å². The zero-order chi connectivity index (χ0) is 11.0. The molecule has 0 saturated carbocycles. The predicted octanol–water partition coefficient (Wildman–Crippen LogP) is 2.78. The zero-order valence-corrected chi connectivity index (χ0v) is 10.6. The van der Waals surface area contributed by atoms with Gasteiger partial charge in [0.25, 0.3) is 0 Å². The predicted molar refractivity (Wildman–Crippen MR) is 62.7 cm³/mol. The molecule has 1 rings (SSSR count). The summed E-state index contributed by atoms with van der Waals surface area (Å²) in [6, 6.07) is 0. The van der Waals surface area contributed by atoms with E-state index in [0.717, 1.165) is 26.3 Å². The Labute approximate surface area is 89.6 Å². The summed E-state index contributed by atoms with van der Waals surface area (Å²) in [6.07, 6.45) is 1.28. The largest absolute Gasteiger partial charge is 0.379 e. The molecule has 0 radical (unpaired) electrons. The quantitative estimate of drug-likeness (QED) is 0.681. The lowest BCUT2D eigenvalue weighted by Crippen LogP contribution is -2.37. The van der Waals surface area contributed by atoms with Crippen molar-refractivity contribution >= 4 is 0 Å². The topological polar surface area (TPSA) is 12.5 Å². The maximum absolute atomic E-state index is 5.29. The van der Waals surface area contributed by atoms with E-state index in [4.69, 9.17) is 4.74 Å². The van der Waals surface area contributed by atoms with Crippen molar-refractivity contribution in [1.82, 2.24) is 4.90 Å². The van der Waals surface area contributed by atoms with Crippen molar-refractivity contribution in [2.75, 3.05) is 32.8 Å². The first-order valence-electron chi connectivity index (χ1n) is 5.88. The summed E-state index contributed by atoms with van der Waals surface area (Å²) in [7, 11) is 0. The second-order valence-corrected chi connectivity index (χ2v) is 4.76. The summed E-state index contributed by atoms with van der Waals surface area (Å²) in [5.74, 6) is 0. The minimum absolute atomic E-state index is 0.471. The van der Waals surface area contributed by atoms with Gasteiger partial charge >= 0.3 is 0 Å². The molecule has 0 aliphatic carbocycles. The van der Waals surface area contributed by atoms with E-state index < -0.39 is 0 Å². The van der Waals surface area contributed by atoms with Crippen LogP contribution in [0.4, 0.5) is 0 Å². The van der Waals surface area contributed by atoms with Gasteiger partial charge in [-0.05, 0) is 18.4 Å². The Kier molecular flexibility index (Phi) is 7.20. The highest BCUT2D eigenvalue weighted by molar-refractivity contribution is 4.67. The fourth-order valence-corrected chi connectivity index (χ4v) is 1.32. The Hall–Kier alpha value is -0.0800. The third kappa shape index (κ3) is 7.34. The van der Waals surface area contributed by atoms with Crippen LogP contribution >= 0.6 is 0 Å². The van der Waals surface area contributed by atoms with Gasteiger partial charge in [-0.25, -0.2) is 0 Å². The Morgan fingerprint density at radius 2 is 1.57 bits per heavy atom. The molecule has 14 heavy (non-hydrogen) atoms. The van der Waals surface area contributed by atoms with Crippen LogP contribution in [0, 0.1) is 5.41 Å². The van der Waals surface area contributed by atoms with Crippen LogP contribution in [0.25, 0.3) is 0 Å². The molecule has 1 fully saturated rings. The normalized spacial score (nSPS) is 18.6. The van der Waals surface area contributed by atoms with Crippen LogP contribution in [0.3, 0.4) is 0 Å². The molecule has 0 N–H and O–H groups in total. The maximum atomic E-state index is 5.29. The Balaban J connectivity index is 0.000000791. The van der Waals surface area contributed by atoms with Gasteiger partial charge in [0, 0.05) is 13.1 Å². The zero-order valence-electron chi connectivity index (χ0n) is 10.6. The third-order valence-corrected chi connectivity index (χ3v) is 2.28. The first kappa shape index (κ1) is 13.9. The summed E-state index contributed by atoms with van der Waals surface area (Å²) >= 11 is 0. The van der Waals surface area contributed by atoms with Crippen LogP contribution in [0.2, 0.25) is 0 Å². The summed E-state index contributed by atoms with van der Waals surface area (Å²) in [4.78, 5) is 2.49. The van der Waals surface area contributed by atoms with Crippen molar-refractivity contribution < 1.29 is 4.74 Å². The van der Waals surface area contributed by atoms with Gasteiger partial charge in [0.2, 0.25) is 0 Å². The number of hydrogen-bond acceptors (Lipinski definition) is 2. The van der Waals surface area contributed by atoms with E-state index in [0.29, 0.717) is 5.41 Å². The smallest absolute Gasteiger partial charge is 0.0594 e. The van der Waals surface area contributed by atoms with Crippen LogP contribution in [-0.4, -0.2) is 37.7 Å². The molecule has 2 nitrogen and oxygen atoms in total. The Morgan fingerprint density at radius 1 is 1.07 bits per heavy atom. The molecule has 0 aromatic heterocycles. The van der Waals surface area contributed by atoms with Gasteiger partial charge < -0.3 is 4.74 Å². The van der Waals surface area contributed by atoms with E-state index >= 15 is 0 Å². The Morgan fingerprint density at radius 3 is 2.00 bits per heavy atom. The van der Waals surface area contributed by atoms with Crippen molar-refractivity contribution in [3.63, 3.8) is 0 Å². The van der Waals surface area contributed by atoms with Gasteiger partial charge in [-0.3, -0.25) is 4.90 Å². The van der Waals surface area contributed by atoms with E-state index in [1.54, 1.807) is 0 Å². The number of rotatable bonds is 2. The lowest BCUT2D eigenvalue weighted by atomic mass is 9.92. The molecule has 0 aromatic rings. The van der Waals surface area contributed by atoms with E-state index in [-0.39, 0.29) is 0 Å². The average Bonchev–Trinajstić information content (AvgIpc) is 2.19. The molecule has 0 spiro atoms. The van der Waals surface area contributed by atoms with Gasteiger partial charge in [0.1, 0.15) is 0 Å². The lowest BCUT2D eigenvalue weighted by molar-refractivity contribution is 0.0333. The van der Waals surface area contributed by atoms with Gasteiger partial charge in [0.05, 0.1) is 13.2 Å².